The summed E-state index contributed by atoms with van der Waals surface area (Å²) in [5.41, 5.74) is 0.918. The van der Waals surface area contributed by atoms with Crippen molar-refractivity contribution < 1.29 is 4.39 Å². The van der Waals surface area contributed by atoms with Crippen molar-refractivity contribution in [1.29, 1.82) is 0 Å². The minimum absolute atomic E-state index is 0.120. The lowest BCUT2D eigenvalue weighted by molar-refractivity contribution is 0.520. The summed E-state index contributed by atoms with van der Waals surface area (Å²) in [4.78, 5) is 4.01. The van der Waals surface area contributed by atoms with Crippen molar-refractivity contribution in [3.63, 3.8) is 0 Å². The minimum Gasteiger partial charge on any atom is -0.337 e. The molecule has 0 saturated heterocycles. The summed E-state index contributed by atoms with van der Waals surface area (Å²) in [6.45, 7) is 3.91. The Morgan fingerprint density at radius 2 is 2.25 bits per heavy atom. The first kappa shape index (κ1) is 15.0. The zero-order chi connectivity index (χ0) is 14.4. The highest BCUT2D eigenvalue weighted by atomic mass is 35.5. The molecule has 0 bridgehead atoms. The molecule has 0 amide bonds. The van der Waals surface area contributed by atoms with E-state index in [1.54, 1.807) is 12.3 Å². The Bertz CT molecular complexity index is 528. The number of rotatable bonds is 7. The number of aromatic nitrogens is 2. The maximum absolute atomic E-state index is 13.4. The molecule has 1 atom stereocenters. The Hall–Kier alpha value is -1.39. The van der Waals surface area contributed by atoms with Gasteiger partial charge in [0.1, 0.15) is 5.82 Å². The molecule has 1 N–H and O–H groups in total. The van der Waals surface area contributed by atoms with Crippen LogP contribution < -0.4 is 5.32 Å². The van der Waals surface area contributed by atoms with Gasteiger partial charge in [0.2, 0.25) is 0 Å². The van der Waals surface area contributed by atoms with Crippen molar-refractivity contribution in [2.24, 2.45) is 0 Å². The van der Waals surface area contributed by atoms with Gasteiger partial charge in [0, 0.05) is 25.0 Å². The van der Waals surface area contributed by atoms with E-state index >= 15 is 0 Å². The van der Waals surface area contributed by atoms with Crippen LogP contribution in [0.5, 0.6) is 0 Å². The van der Waals surface area contributed by atoms with Crippen LogP contribution in [0.15, 0.2) is 36.9 Å². The fourth-order valence-electron chi connectivity index (χ4n) is 2.06. The normalized spacial score (nSPS) is 12.6. The quantitative estimate of drug-likeness (QED) is 0.787. The third-order valence-corrected chi connectivity index (χ3v) is 3.60. The number of nitrogens with zero attached hydrogens (tertiary/aromatic N) is 2. The first-order valence-electron chi connectivity index (χ1n) is 6.81. The second-order valence-electron chi connectivity index (χ2n) is 4.86. The van der Waals surface area contributed by atoms with E-state index in [2.05, 4.69) is 14.9 Å². The predicted molar refractivity (Wildman–Crippen MR) is 79.3 cm³/mol. The predicted octanol–water partition coefficient (Wildman–Crippen LogP) is 3.81. The SMILES string of the molecule is CC(NCCCCn1ccnc1)c1ccc(Cl)c(F)c1. The van der Waals surface area contributed by atoms with Crippen LogP contribution in [0.4, 0.5) is 4.39 Å². The highest BCUT2D eigenvalue weighted by Crippen LogP contribution is 2.19. The number of hydrogen-bond donors (Lipinski definition) is 1. The van der Waals surface area contributed by atoms with Crippen LogP contribution in [0.2, 0.25) is 5.02 Å². The van der Waals surface area contributed by atoms with Gasteiger partial charge in [0.25, 0.3) is 0 Å². The average molecular weight is 296 g/mol. The molecule has 1 heterocycles. The van der Waals surface area contributed by atoms with Gasteiger partial charge in [-0.05, 0) is 44.0 Å². The third kappa shape index (κ3) is 4.32. The largest absolute Gasteiger partial charge is 0.337 e. The smallest absolute Gasteiger partial charge is 0.142 e. The van der Waals surface area contributed by atoms with Gasteiger partial charge in [-0.2, -0.15) is 0 Å². The molecule has 5 heteroatoms. The summed E-state index contributed by atoms with van der Waals surface area (Å²) in [5.74, 6) is -0.363. The third-order valence-electron chi connectivity index (χ3n) is 3.30. The number of imidazole rings is 1. The fraction of sp³-hybridized carbons (Fsp3) is 0.400. The first-order valence-corrected chi connectivity index (χ1v) is 7.18. The lowest BCUT2D eigenvalue weighted by Gasteiger charge is -2.14. The van der Waals surface area contributed by atoms with Gasteiger partial charge in [0.05, 0.1) is 11.3 Å². The molecule has 0 fully saturated rings. The van der Waals surface area contributed by atoms with E-state index in [9.17, 15) is 4.39 Å². The Kier molecular flexibility index (Phi) is 5.56. The molecule has 1 aromatic heterocycles. The second kappa shape index (κ2) is 7.41. The summed E-state index contributed by atoms with van der Waals surface area (Å²) >= 11 is 5.68. The highest BCUT2D eigenvalue weighted by Gasteiger charge is 2.07. The highest BCUT2D eigenvalue weighted by molar-refractivity contribution is 6.30. The van der Waals surface area contributed by atoms with E-state index in [4.69, 9.17) is 11.6 Å². The standard InChI is InChI=1S/C15H19ClFN3/c1-12(13-4-5-14(16)15(17)10-13)19-6-2-3-8-20-9-7-18-11-20/h4-5,7,9-12,19H,2-3,6,8H2,1H3. The van der Waals surface area contributed by atoms with Crippen molar-refractivity contribution in [3.05, 3.63) is 53.3 Å². The molecule has 0 saturated carbocycles. The Morgan fingerprint density at radius 3 is 2.95 bits per heavy atom. The van der Waals surface area contributed by atoms with E-state index in [-0.39, 0.29) is 16.9 Å². The van der Waals surface area contributed by atoms with Crippen LogP contribution in [0, 0.1) is 5.82 Å². The summed E-state index contributed by atoms with van der Waals surface area (Å²) < 4.78 is 15.4. The van der Waals surface area contributed by atoms with Gasteiger partial charge in [-0.25, -0.2) is 9.37 Å². The maximum Gasteiger partial charge on any atom is 0.142 e. The van der Waals surface area contributed by atoms with E-state index in [0.29, 0.717) is 0 Å². The number of unbranched alkanes of at least 4 members (excludes halogenated alkanes) is 1. The van der Waals surface area contributed by atoms with Crippen molar-refractivity contribution in [3.8, 4) is 0 Å². The zero-order valence-corrected chi connectivity index (χ0v) is 12.3. The van der Waals surface area contributed by atoms with Gasteiger partial charge in [-0.15, -0.1) is 0 Å². The van der Waals surface area contributed by atoms with Gasteiger partial charge in [-0.1, -0.05) is 17.7 Å². The Labute approximate surface area is 123 Å². The molecule has 0 aliphatic rings. The van der Waals surface area contributed by atoms with E-state index in [0.717, 1.165) is 31.5 Å². The number of aryl methyl sites for hydroxylation is 1. The van der Waals surface area contributed by atoms with Crippen LogP contribution in [0.3, 0.4) is 0 Å². The summed E-state index contributed by atoms with van der Waals surface area (Å²) in [7, 11) is 0. The summed E-state index contributed by atoms with van der Waals surface area (Å²) in [6.07, 6.45) is 7.73. The van der Waals surface area contributed by atoms with E-state index in [1.807, 2.05) is 25.5 Å². The molecular formula is C15H19ClFN3. The molecule has 0 aliphatic heterocycles. The number of halogens is 2. The summed E-state index contributed by atoms with van der Waals surface area (Å²) in [6, 6.07) is 5.07. The Morgan fingerprint density at radius 1 is 1.40 bits per heavy atom. The molecular weight excluding hydrogens is 277 g/mol. The molecule has 2 rings (SSSR count). The van der Waals surface area contributed by atoms with Crippen LogP contribution in [-0.4, -0.2) is 16.1 Å². The van der Waals surface area contributed by atoms with Crippen LogP contribution >= 0.6 is 11.6 Å². The molecule has 108 valence electrons. The molecule has 0 aliphatic carbocycles. The Balaban J connectivity index is 1.69. The van der Waals surface area contributed by atoms with Crippen molar-refractivity contribution in [2.45, 2.75) is 32.4 Å². The fourth-order valence-corrected chi connectivity index (χ4v) is 2.17. The molecule has 0 radical (unpaired) electrons. The molecule has 3 nitrogen and oxygen atoms in total. The van der Waals surface area contributed by atoms with Gasteiger partial charge < -0.3 is 9.88 Å². The summed E-state index contributed by atoms with van der Waals surface area (Å²) in [5, 5.41) is 3.56. The van der Waals surface area contributed by atoms with Crippen molar-refractivity contribution in [1.82, 2.24) is 14.9 Å². The van der Waals surface area contributed by atoms with Crippen molar-refractivity contribution >= 4 is 11.6 Å². The maximum atomic E-state index is 13.4. The van der Waals surface area contributed by atoms with E-state index < -0.39 is 0 Å². The molecule has 0 spiro atoms. The van der Waals surface area contributed by atoms with Gasteiger partial charge in [0.15, 0.2) is 0 Å². The zero-order valence-electron chi connectivity index (χ0n) is 11.5. The lowest BCUT2D eigenvalue weighted by Crippen LogP contribution is -2.20. The van der Waals surface area contributed by atoms with Gasteiger partial charge >= 0.3 is 0 Å². The monoisotopic (exact) mass is 295 g/mol. The number of hydrogen-bond acceptors (Lipinski definition) is 2. The minimum atomic E-state index is -0.363. The molecule has 1 aromatic carbocycles. The lowest BCUT2D eigenvalue weighted by atomic mass is 10.1. The van der Waals surface area contributed by atoms with E-state index in [1.165, 1.54) is 6.07 Å². The van der Waals surface area contributed by atoms with Crippen molar-refractivity contribution in [2.75, 3.05) is 6.54 Å². The van der Waals surface area contributed by atoms with Crippen LogP contribution in [0.25, 0.3) is 0 Å². The van der Waals surface area contributed by atoms with Crippen LogP contribution in [-0.2, 0) is 6.54 Å². The average Bonchev–Trinajstić information content (AvgIpc) is 2.94. The molecule has 2 aromatic rings. The molecule has 1 unspecified atom stereocenters. The number of benzene rings is 1. The second-order valence-corrected chi connectivity index (χ2v) is 5.26. The number of nitrogens with one attached hydrogen (secondary N) is 1. The first-order chi connectivity index (χ1) is 9.66. The van der Waals surface area contributed by atoms with Gasteiger partial charge in [-0.3, -0.25) is 0 Å². The topological polar surface area (TPSA) is 29.9 Å². The van der Waals surface area contributed by atoms with Crippen LogP contribution in [0.1, 0.15) is 31.4 Å². The molecule has 20 heavy (non-hydrogen) atoms.